The second-order valence-electron chi connectivity index (χ2n) is 5.09. The van der Waals surface area contributed by atoms with Crippen molar-refractivity contribution < 1.29 is 0 Å². The maximum absolute atomic E-state index is 5.54. The molecule has 0 radical (unpaired) electrons. The summed E-state index contributed by atoms with van der Waals surface area (Å²) < 4.78 is 0. The Morgan fingerprint density at radius 1 is 1.22 bits per heavy atom. The zero-order valence-corrected chi connectivity index (χ0v) is 13.6. The minimum absolute atomic E-state index is 0.140. The number of benzene rings is 1. The number of amidine groups is 1. The Hall–Kier alpha value is -2.60. The van der Waals surface area contributed by atoms with Gasteiger partial charge in [0.15, 0.2) is 5.96 Å². The highest BCUT2D eigenvalue weighted by Gasteiger charge is 1.98. The van der Waals surface area contributed by atoms with Gasteiger partial charge in [-0.15, -0.1) is 0 Å². The highest BCUT2D eigenvalue weighted by molar-refractivity contribution is 5.81. The van der Waals surface area contributed by atoms with Gasteiger partial charge in [0.05, 0.1) is 5.84 Å². The molecule has 0 amide bonds. The number of rotatable bonds is 9. The maximum Gasteiger partial charge on any atom is 0.185 e. The molecule has 0 unspecified atom stereocenters. The van der Waals surface area contributed by atoms with Crippen LogP contribution in [-0.4, -0.2) is 24.9 Å². The van der Waals surface area contributed by atoms with Crippen LogP contribution in [0, 0.1) is 0 Å². The van der Waals surface area contributed by atoms with Crippen LogP contribution in [0.4, 0.5) is 0 Å². The number of allylic oxidation sites excluding steroid dienone is 2. The van der Waals surface area contributed by atoms with E-state index >= 15 is 0 Å². The standard InChI is InChI=1S/C17H26N6/c1-3-15(12-23-13(2)18)16-7-5-14(6-8-16)11-21-9-4-10-22-17(19)20/h3,5-8,12,21H,1,4,9-11H2,2H3,(H2,18,23)(H4,19,20,22)/b15-12+. The summed E-state index contributed by atoms with van der Waals surface area (Å²) in [4.78, 5) is 8.04. The first kappa shape index (κ1) is 18.4. The Morgan fingerprint density at radius 2 is 1.91 bits per heavy atom. The van der Waals surface area contributed by atoms with E-state index < -0.39 is 0 Å². The Kier molecular flexibility index (Phi) is 8.17. The van der Waals surface area contributed by atoms with Gasteiger partial charge in [-0.2, -0.15) is 0 Å². The summed E-state index contributed by atoms with van der Waals surface area (Å²) in [6.07, 6.45) is 4.39. The van der Waals surface area contributed by atoms with Gasteiger partial charge in [-0.1, -0.05) is 36.9 Å². The van der Waals surface area contributed by atoms with Gasteiger partial charge in [-0.25, -0.2) is 4.99 Å². The summed E-state index contributed by atoms with van der Waals surface area (Å²) in [7, 11) is 0. The second-order valence-corrected chi connectivity index (χ2v) is 5.09. The van der Waals surface area contributed by atoms with Crippen molar-refractivity contribution in [3.05, 3.63) is 54.2 Å². The van der Waals surface area contributed by atoms with E-state index in [4.69, 9.17) is 17.2 Å². The Bertz CT molecular complexity index is 576. The van der Waals surface area contributed by atoms with Crippen LogP contribution < -0.4 is 22.5 Å². The minimum Gasteiger partial charge on any atom is -0.387 e. The lowest BCUT2D eigenvalue weighted by Gasteiger charge is -2.06. The average Bonchev–Trinajstić information content (AvgIpc) is 2.52. The van der Waals surface area contributed by atoms with Gasteiger partial charge in [0.25, 0.3) is 0 Å². The number of hydrogen-bond donors (Lipinski definition) is 4. The monoisotopic (exact) mass is 314 g/mol. The maximum atomic E-state index is 5.54. The van der Waals surface area contributed by atoms with Crippen molar-refractivity contribution in [2.75, 3.05) is 13.1 Å². The molecule has 0 saturated carbocycles. The fourth-order valence-corrected chi connectivity index (χ4v) is 1.88. The fourth-order valence-electron chi connectivity index (χ4n) is 1.88. The molecule has 7 N–H and O–H groups in total. The fraction of sp³-hybridized carbons (Fsp3) is 0.294. The molecule has 0 spiro atoms. The molecule has 1 aromatic rings. The molecule has 1 aromatic carbocycles. The van der Waals surface area contributed by atoms with Crippen molar-refractivity contribution in [1.29, 1.82) is 0 Å². The van der Waals surface area contributed by atoms with Crippen molar-refractivity contribution in [2.45, 2.75) is 19.9 Å². The Labute approximate surface area is 137 Å². The number of nitrogens with two attached hydrogens (primary N) is 3. The third-order valence-electron chi connectivity index (χ3n) is 3.05. The lowest BCUT2D eigenvalue weighted by atomic mass is 10.0. The third kappa shape index (κ3) is 7.82. The summed E-state index contributed by atoms with van der Waals surface area (Å²) >= 11 is 0. The normalized spacial score (nSPS) is 12.0. The van der Waals surface area contributed by atoms with E-state index in [1.54, 1.807) is 19.2 Å². The molecule has 0 aliphatic heterocycles. The first-order valence-electron chi connectivity index (χ1n) is 7.51. The number of guanidine groups is 1. The average molecular weight is 314 g/mol. The first-order valence-corrected chi connectivity index (χ1v) is 7.51. The lowest BCUT2D eigenvalue weighted by Crippen LogP contribution is -2.23. The van der Waals surface area contributed by atoms with Crippen LogP contribution in [0.5, 0.6) is 0 Å². The van der Waals surface area contributed by atoms with E-state index in [1.807, 2.05) is 12.1 Å². The predicted octanol–water partition coefficient (Wildman–Crippen LogP) is 1.34. The molecule has 6 nitrogen and oxygen atoms in total. The van der Waals surface area contributed by atoms with Crippen LogP contribution in [0.15, 0.2) is 53.1 Å². The lowest BCUT2D eigenvalue weighted by molar-refractivity contribution is 0.655. The topological polar surface area (TPSA) is 115 Å². The molecule has 0 aromatic heterocycles. The summed E-state index contributed by atoms with van der Waals surface area (Å²) in [5, 5.41) is 3.35. The summed E-state index contributed by atoms with van der Waals surface area (Å²) in [5.41, 5.74) is 19.3. The van der Waals surface area contributed by atoms with E-state index in [-0.39, 0.29) is 5.96 Å². The van der Waals surface area contributed by atoms with Gasteiger partial charge >= 0.3 is 0 Å². The Morgan fingerprint density at radius 3 is 2.48 bits per heavy atom. The Balaban J connectivity index is 2.50. The van der Waals surface area contributed by atoms with E-state index in [1.165, 1.54) is 5.56 Å². The molecule has 0 atom stereocenters. The van der Waals surface area contributed by atoms with Crippen LogP contribution in [0.1, 0.15) is 24.5 Å². The molecular weight excluding hydrogens is 288 g/mol. The number of nitrogens with zero attached hydrogens (tertiary/aromatic N) is 2. The highest BCUT2D eigenvalue weighted by Crippen LogP contribution is 2.16. The zero-order valence-electron chi connectivity index (χ0n) is 13.6. The quantitative estimate of drug-likeness (QED) is 0.238. The van der Waals surface area contributed by atoms with Gasteiger partial charge in [0.2, 0.25) is 0 Å². The summed E-state index contributed by atoms with van der Waals surface area (Å²) in [6.45, 7) is 7.86. The van der Waals surface area contributed by atoms with Gasteiger partial charge in [0, 0.05) is 19.3 Å². The van der Waals surface area contributed by atoms with Crippen molar-refractivity contribution in [1.82, 2.24) is 5.32 Å². The molecule has 0 saturated heterocycles. The van der Waals surface area contributed by atoms with Gasteiger partial charge in [0.1, 0.15) is 0 Å². The van der Waals surface area contributed by atoms with Crippen LogP contribution in [-0.2, 0) is 6.54 Å². The van der Waals surface area contributed by atoms with Crippen molar-refractivity contribution in [3.63, 3.8) is 0 Å². The molecule has 23 heavy (non-hydrogen) atoms. The molecule has 0 aliphatic carbocycles. The second kappa shape index (κ2) is 10.2. The molecule has 124 valence electrons. The summed E-state index contributed by atoms with van der Waals surface area (Å²) in [5.74, 6) is 0.659. The third-order valence-corrected chi connectivity index (χ3v) is 3.05. The van der Waals surface area contributed by atoms with Crippen LogP contribution in [0.25, 0.3) is 5.57 Å². The van der Waals surface area contributed by atoms with E-state index in [2.05, 4.69) is 34.0 Å². The molecule has 6 heteroatoms. The van der Waals surface area contributed by atoms with E-state index in [9.17, 15) is 0 Å². The molecular formula is C17H26N6. The minimum atomic E-state index is 0.140. The molecule has 0 fully saturated rings. The van der Waals surface area contributed by atoms with Gasteiger partial charge in [-0.05, 0) is 36.6 Å². The van der Waals surface area contributed by atoms with Gasteiger partial charge < -0.3 is 22.5 Å². The van der Waals surface area contributed by atoms with Crippen LogP contribution >= 0.6 is 0 Å². The van der Waals surface area contributed by atoms with Gasteiger partial charge in [-0.3, -0.25) is 4.99 Å². The SMILES string of the molecule is C=C/C(=C\N=C(C)N)c1ccc(CNCCCN=C(N)N)cc1. The number of hydrogen-bond acceptors (Lipinski definition) is 3. The number of nitrogens with one attached hydrogen (secondary N) is 1. The number of aliphatic imine (C=N–C) groups is 2. The van der Waals surface area contributed by atoms with Crippen LogP contribution in [0.2, 0.25) is 0 Å². The van der Waals surface area contributed by atoms with Crippen molar-refractivity contribution >= 4 is 17.4 Å². The molecule has 0 bridgehead atoms. The molecule has 0 aliphatic rings. The zero-order chi connectivity index (χ0) is 17.1. The molecule has 1 rings (SSSR count). The van der Waals surface area contributed by atoms with E-state index in [0.29, 0.717) is 12.4 Å². The van der Waals surface area contributed by atoms with Crippen molar-refractivity contribution in [3.8, 4) is 0 Å². The predicted molar refractivity (Wildman–Crippen MR) is 98.9 cm³/mol. The largest absolute Gasteiger partial charge is 0.387 e. The highest BCUT2D eigenvalue weighted by atomic mass is 15.0. The van der Waals surface area contributed by atoms with E-state index in [0.717, 1.165) is 30.6 Å². The molecule has 0 heterocycles. The smallest absolute Gasteiger partial charge is 0.185 e. The first-order chi connectivity index (χ1) is 11.0. The van der Waals surface area contributed by atoms with Crippen molar-refractivity contribution in [2.24, 2.45) is 27.2 Å². The van der Waals surface area contributed by atoms with Crippen LogP contribution in [0.3, 0.4) is 0 Å². The summed E-state index contributed by atoms with van der Waals surface area (Å²) in [6, 6.07) is 8.25.